The van der Waals surface area contributed by atoms with Gasteiger partial charge in [-0.1, -0.05) is 12.1 Å². The van der Waals surface area contributed by atoms with Crippen molar-refractivity contribution < 1.29 is 9.59 Å². The van der Waals surface area contributed by atoms with Crippen LogP contribution in [0.3, 0.4) is 0 Å². The van der Waals surface area contributed by atoms with E-state index >= 15 is 0 Å². The van der Waals surface area contributed by atoms with Gasteiger partial charge in [-0.15, -0.1) is 0 Å². The number of carbonyl (C=O) groups is 2. The monoisotopic (exact) mass is 364 g/mol. The van der Waals surface area contributed by atoms with E-state index in [4.69, 9.17) is 0 Å². The van der Waals surface area contributed by atoms with Crippen molar-refractivity contribution in [3.8, 4) is 0 Å². The van der Waals surface area contributed by atoms with Crippen molar-refractivity contribution in [1.29, 1.82) is 0 Å². The smallest absolute Gasteiger partial charge is 0.263 e. The molecule has 0 unspecified atom stereocenters. The number of aromatic nitrogens is 3. The minimum Gasteiger partial charge on any atom is -0.355 e. The summed E-state index contributed by atoms with van der Waals surface area (Å²) in [5.74, 6) is -0.0877. The molecule has 3 aromatic rings. The maximum Gasteiger partial charge on any atom is 0.263 e. The number of benzene rings is 1. The van der Waals surface area contributed by atoms with Gasteiger partial charge in [0.2, 0.25) is 0 Å². The second-order valence-electron chi connectivity index (χ2n) is 6.97. The number of amides is 1. The fourth-order valence-corrected chi connectivity index (χ4v) is 3.26. The van der Waals surface area contributed by atoms with Crippen LogP contribution in [0, 0.1) is 5.92 Å². The van der Waals surface area contributed by atoms with Crippen LogP contribution >= 0.6 is 0 Å². The van der Waals surface area contributed by atoms with Crippen molar-refractivity contribution in [3.05, 3.63) is 63.7 Å². The highest BCUT2D eigenvalue weighted by atomic mass is 16.2. The van der Waals surface area contributed by atoms with Crippen LogP contribution in [-0.2, 0) is 6.54 Å². The Kier molecular flexibility index (Phi) is 4.35. The van der Waals surface area contributed by atoms with Crippen molar-refractivity contribution in [1.82, 2.24) is 20.1 Å². The number of ketones is 1. The normalized spacial score (nSPS) is 13.7. The van der Waals surface area contributed by atoms with E-state index < -0.39 is 11.5 Å². The van der Waals surface area contributed by atoms with Crippen molar-refractivity contribution >= 4 is 22.6 Å². The van der Waals surface area contributed by atoms with Crippen molar-refractivity contribution in [2.75, 3.05) is 7.05 Å². The molecule has 2 N–H and O–H groups in total. The first-order valence-electron chi connectivity index (χ1n) is 8.97. The van der Waals surface area contributed by atoms with Gasteiger partial charge in [-0.2, -0.15) is 5.10 Å². The molecule has 0 saturated heterocycles. The number of aromatic amines is 1. The number of hydrogen-bond acceptors (Lipinski definition) is 4. The first-order valence-corrected chi connectivity index (χ1v) is 8.97. The lowest BCUT2D eigenvalue weighted by Crippen LogP contribution is -2.32. The number of Topliss-reactive ketones (excluding diaryl/α,β-unsaturated/α-hetero) is 1. The molecule has 0 atom stereocenters. The van der Waals surface area contributed by atoms with E-state index in [1.165, 1.54) is 17.7 Å². The van der Waals surface area contributed by atoms with E-state index in [1.54, 1.807) is 12.4 Å². The van der Waals surface area contributed by atoms with Gasteiger partial charge in [0.25, 0.3) is 11.5 Å². The van der Waals surface area contributed by atoms with Crippen molar-refractivity contribution in [2.45, 2.75) is 25.8 Å². The molecule has 7 nitrogen and oxygen atoms in total. The predicted molar refractivity (Wildman–Crippen MR) is 101 cm³/mol. The van der Waals surface area contributed by atoms with Gasteiger partial charge in [0, 0.05) is 30.6 Å². The van der Waals surface area contributed by atoms with Crippen LogP contribution in [0.5, 0.6) is 0 Å². The Morgan fingerprint density at radius 2 is 2.15 bits per heavy atom. The highest BCUT2D eigenvalue weighted by Crippen LogP contribution is 2.33. The van der Waals surface area contributed by atoms with Gasteiger partial charge in [-0.25, -0.2) is 0 Å². The minimum absolute atomic E-state index is 0.0153. The number of fused-ring (bicyclic) bond motifs is 1. The van der Waals surface area contributed by atoms with Gasteiger partial charge in [-0.05, 0) is 36.5 Å². The Labute approximate surface area is 155 Å². The summed E-state index contributed by atoms with van der Waals surface area (Å²) in [6, 6.07) is 7.10. The number of H-pyrrole nitrogens is 1. The standard InChI is InChI=1S/C20H20N4O3/c1-21-19(26)15-8-14(18(25)7-12-5-6-12)11-24(20(15)27)10-13-3-2-4-17-16(13)9-22-23-17/h2-4,8-9,11-12H,5-7,10H2,1H3,(H,21,26)(H,22,23). The third-order valence-electron chi connectivity index (χ3n) is 4.97. The third kappa shape index (κ3) is 3.40. The minimum atomic E-state index is -0.489. The molecular weight excluding hydrogens is 344 g/mol. The summed E-state index contributed by atoms with van der Waals surface area (Å²) in [5, 5.41) is 10.3. The lowest BCUT2D eigenvalue weighted by molar-refractivity contribution is 0.0961. The fraction of sp³-hybridized carbons (Fsp3) is 0.300. The van der Waals surface area contributed by atoms with Gasteiger partial charge in [0.05, 0.1) is 18.3 Å². The summed E-state index contributed by atoms with van der Waals surface area (Å²) in [6.07, 6.45) is 5.87. The highest BCUT2D eigenvalue weighted by molar-refractivity contribution is 6.00. The molecule has 2 aromatic heterocycles. The first-order chi connectivity index (χ1) is 13.1. The van der Waals surface area contributed by atoms with Crippen LogP contribution in [0.25, 0.3) is 10.9 Å². The second kappa shape index (κ2) is 6.83. The first kappa shape index (κ1) is 17.2. The van der Waals surface area contributed by atoms with Crippen LogP contribution in [0.4, 0.5) is 0 Å². The zero-order chi connectivity index (χ0) is 19.0. The maximum absolute atomic E-state index is 12.8. The summed E-state index contributed by atoms with van der Waals surface area (Å²) in [5.41, 5.74) is 1.72. The molecule has 1 amide bonds. The highest BCUT2D eigenvalue weighted by Gasteiger charge is 2.26. The van der Waals surface area contributed by atoms with Crippen LogP contribution in [-0.4, -0.2) is 33.5 Å². The molecule has 0 bridgehead atoms. The summed E-state index contributed by atoms with van der Waals surface area (Å²) < 4.78 is 1.44. The van der Waals surface area contributed by atoms with E-state index in [9.17, 15) is 14.4 Å². The van der Waals surface area contributed by atoms with Gasteiger partial charge in [-0.3, -0.25) is 19.5 Å². The van der Waals surface area contributed by atoms with Crippen LogP contribution in [0.2, 0.25) is 0 Å². The van der Waals surface area contributed by atoms with Crippen LogP contribution in [0.1, 0.15) is 45.5 Å². The number of carbonyl (C=O) groups excluding carboxylic acids is 2. The number of pyridine rings is 1. The number of nitrogens with one attached hydrogen (secondary N) is 2. The Bertz CT molecular complexity index is 1090. The molecule has 2 heterocycles. The maximum atomic E-state index is 12.8. The predicted octanol–water partition coefficient (Wildman–Crippen LogP) is 2.12. The van der Waals surface area contributed by atoms with Crippen LogP contribution < -0.4 is 10.9 Å². The summed E-state index contributed by atoms with van der Waals surface area (Å²) in [4.78, 5) is 37.6. The van der Waals surface area contributed by atoms with Gasteiger partial charge >= 0.3 is 0 Å². The average Bonchev–Trinajstić information content (AvgIpc) is 3.35. The van der Waals surface area contributed by atoms with E-state index in [0.717, 1.165) is 29.3 Å². The number of rotatable bonds is 6. The zero-order valence-corrected chi connectivity index (χ0v) is 15.0. The third-order valence-corrected chi connectivity index (χ3v) is 4.97. The van der Waals surface area contributed by atoms with Gasteiger partial charge in [0.15, 0.2) is 5.78 Å². The molecule has 1 saturated carbocycles. The lowest BCUT2D eigenvalue weighted by atomic mass is 10.0. The molecule has 138 valence electrons. The Morgan fingerprint density at radius 3 is 2.89 bits per heavy atom. The number of nitrogens with zero attached hydrogens (tertiary/aromatic N) is 2. The lowest BCUT2D eigenvalue weighted by Gasteiger charge is -2.12. The molecular formula is C20H20N4O3. The Balaban J connectivity index is 1.78. The van der Waals surface area contributed by atoms with E-state index in [0.29, 0.717) is 17.9 Å². The van der Waals surface area contributed by atoms with E-state index in [-0.39, 0.29) is 17.9 Å². The summed E-state index contributed by atoms with van der Waals surface area (Å²) in [7, 11) is 1.47. The molecule has 1 aromatic carbocycles. The van der Waals surface area contributed by atoms with Crippen molar-refractivity contribution in [3.63, 3.8) is 0 Å². The summed E-state index contributed by atoms with van der Waals surface area (Å²) in [6.45, 7) is 0.254. The van der Waals surface area contributed by atoms with Gasteiger partial charge in [0.1, 0.15) is 5.56 Å². The average molecular weight is 364 g/mol. The molecule has 0 spiro atoms. The molecule has 0 radical (unpaired) electrons. The van der Waals surface area contributed by atoms with E-state index in [1.807, 2.05) is 18.2 Å². The SMILES string of the molecule is CNC(=O)c1cc(C(=O)CC2CC2)cn(Cc2cccc3[nH]ncc23)c1=O. The molecule has 0 aliphatic heterocycles. The summed E-state index contributed by atoms with van der Waals surface area (Å²) >= 11 is 0. The Hall–Kier alpha value is -3.22. The zero-order valence-electron chi connectivity index (χ0n) is 15.0. The van der Waals surface area contributed by atoms with Crippen LogP contribution in [0.15, 0.2) is 41.5 Å². The largest absolute Gasteiger partial charge is 0.355 e. The quantitative estimate of drug-likeness (QED) is 0.655. The molecule has 1 fully saturated rings. The fourth-order valence-electron chi connectivity index (χ4n) is 3.26. The topological polar surface area (TPSA) is 96.8 Å². The molecule has 4 rings (SSSR count). The molecule has 27 heavy (non-hydrogen) atoms. The second-order valence-corrected chi connectivity index (χ2v) is 6.97. The number of hydrogen-bond donors (Lipinski definition) is 2. The molecule has 1 aliphatic carbocycles. The van der Waals surface area contributed by atoms with Crippen molar-refractivity contribution in [2.24, 2.45) is 5.92 Å². The molecule has 1 aliphatic rings. The van der Waals surface area contributed by atoms with Gasteiger partial charge < -0.3 is 9.88 Å². The Morgan fingerprint density at radius 1 is 1.33 bits per heavy atom. The molecule has 7 heteroatoms. The van der Waals surface area contributed by atoms with E-state index in [2.05, 4.69) is 15.5 Å².